The van der Waals surface area contributed by atoms with Gasteiger partial charge >= 0.3 is 22.2 Å². The van der Waals surface area contributed by atoms with Gasteiger partial charge in [0.2, 0.25) is 6.61 Å². The van der Waals surface area contributed by atoms with Crippen molar-refractivity contribution in [3.8, 4) is 0 Å². The van der Waals surface area contributed by atoms with Crippen LogP contribution in [0.25, 0.3) is 0 Å². The third-order valence-corrected chi connectivity index (χ3v) is 5.15. The quantitative estimate of drug-likeness (QED) is 0.117. The van der Waals surface area contributed by atoms with Crippen LogP contribution in [0, 0.1) is 0 Å². The minimum Gasteiger partial charge on any atom is -0.467 e. The standard InChI is InChI=1S/C13H15N5O10S2/c1-26-6(19)3-28-17-7(5-4-29-13(14)15-5)10(20)16-8-9(12(22)27-2)18(11(8)21)30(23,24)25/h4,8-9H,3H2,1-2H3,(H2,14,15)(H,16,20)(H,23,24,25)/b17-7+/t8-,9-/m1/s1. The van der Waals surface area contributed by atoms with Gasteiger partial charge < -0.3 is 25.4 Å². The summed E-state index contributed by atoms with van der Waals surface area (Å²) in [5, 5.41) is 6.94. The van der Waals surface area contributed by atoms with E-state index in [4.69, 9.17) is 15.1 Å². The molecule has 164 valence electrons. The molecule has 1 aliphatic heterocycles. The molecule has 4 N–H and O–H groups in total. The van der Waals surface area contributed by atoms with Crippen molar-refractivity contribution < 1.29 is 46.5 Å². The largest absolute Gasteiger partial charge is 0.467 e. The Morgan fingerprint density at radius 1 is 1.37 bits per heavy atom. The van der Waals surface area contributed by atoms with Gasteiger partial charge in [0.15, 0.2) is 16.9 Å². The van der Waals surface area contributed by atoms with Crippen LogP contribution in [0.4, 0.5) is 5.13 Å². The third-order valence-electron chi connectivity index (χ3n) is 3.58. The molecule has 0 radical (unpaired) electrons. The Balaban J connectivity index is 2.27. The zero-order chi connectivity index (χ0) is 22.6. The van der Waals surface area contributed by atoms with Crippen LogP contribution in [0.2, 0.25) is 0 Å². The number of β-lactam (4-membered cyclic amide) rings is 1. The number of aromatic nitrogens is 1. The van der Waals surface area contributed by atoms with Crippen molar-refractivity contribution in [3.05, 3.63) is 11.1 Å². The number of nitrogen functional groups attached to an aromatic ring is 1. The van der Waals surface area contributed by atoms with Crippen LogP contribution in [-0.2, 0) is 43.8 Å². The van der Waals surface area contributed by atoms with Crippen molar-refractivity contribution in [1.29, 1.82) is 0 Å². The molecule has 0 saturated carbocycles. The van der Waals surface area contributed by atoms with E-state index in [0.717, 1.165) is 25.6 Å². The normalized spacial score (nSPS) is 19.0. The monoisotopic (exact) mass is 465 g/mol. The van der Waals surface area contributed by atoms with Gasteiger partial charge in [0.05, 0.1) is 14.2 Å². The zero-order valence-corrected chi connectivity index (χ0v) is 16.9. The van der Waals surface area contributed by atoms with E-state index in [1.165, 1.54) is 5.38 Å². The van der Waals surface area contributed by atoms with Crippen molar-refractivity contribution in [2.45, 2.75) is 12.1 Å². The highest BCUT2D eigenvalue weighted by Gasteiger charge is 2.58. The molecular weight excluding hydrogens is 450 g/mol. The molecular formula is C13H15N5O10S2. The lowest BCUT2D eigenvalue weighted by Crippen LogP contribution is -2.74. The van der Waals surface area contributed by atoms with Gasteiger partial charge in [-0.25, -0.2) is 14.6 Å². The van der Waals surface area contributed by atoms with Gasteiger partial charge in [0.25, 0.3) is 11.8 Å². The molecule has 2 heterocycles. The number of rotatable bonds is 8. The number of amides is 2. The Labute approximate surface area is 172 Å². The molecule has 1 fully saturated rings. The number of nitrogens with one attached hydrogen (secondary N) is 1. The lowest BCUT2D eigenvalue weighted by Gasteiger charge is -2.41. The van der Waals surface area contributed by atoms with Crippen LogP contribution < -0.4 is 11.1 Å². The number of nitrogens with two attached hydrogens (primary N) is 1. The Kier molecular flexibility index (Phi) is 6.90. The Bertz CT molecular complexity index is 1000. The van der Waals surface area contributed by atoms with Crippen LogP contribution in [-0.4, -0.2) is 84.6 Å². The second kappa shape index (κ2) is 9.01. The maximum Gasteiger partial charge on any atom is 0.363 e. The number of thiazole rings is 1. The fraction of sp³-hybridized carbons (Fsp3) is 0.385. The van der Waals surface area contributed by atoms with Gasteiger partial charge in [-0.05, 0) is 0 Å². The molecule has 0 unspecified atom stereocenters. The molecule has 17 heteroatoms. The van der Waals surface area contributed by atoms with Crippen LogP contribution in [0.15, 0.2) is 10.5 Å². The summed E-state index contributed by atoms with van der Waals surface area (Å²) < 4.78 is 40.3. The van der Waals surface area contributed by atoms with Crippen molar-refractivity contribution in [3.63, 3.8) is 0 Å². The van der Waals surface area contributed by atoms with Gasteiger partial charge in [-0.1, -0.05) is 5.16 Å². The first kappa shape index (κ1) is 23.0. The summed E-state index contributed by atoms with van der Waals surface area (Å²) in [5.41, 5.74) is 4.89. The molecule has 0 spiro atoms. The van der Waals surface area contributed by atoms with E-state index in [0.29, 0.717) is 0 Å². The number of anilines is 1. The average Bonchev–Trinajstić information content (AvgIpc) is 3.10. The summed E-state index contributed by atoms with van der Waals surface area (Å²) in [6.45, 7) is -0.656. The number of methoxy groups -OCH3 is 2. The number of ether oxygens (including phenoxy) is 2. The smallest absolute Gasteiger partial charge is 0.363 e. The van der Waals surface area contributed by atoms with Crippen LogP contribution in [0.5, 0.6) is 0 Å². The Hall–Kier alpha value is -3.31. The molecule has 1 aliphatic rings. The minimum atomic E-state index is -5.09. The number of hydrogen-bond donors (Lipinski definition) is 3. The van der Waals surface area contributed by atoms with E-state index in [1.54, 1.807) is 0 Å². The highest BCUT2D eigenvalue weighted by Crippen LogP contribution is 2.25. The van der Waals surface area contributed by atoms with Crippen molar-refractivity contribution in [2.75, 3.05) is 26.6 Å². The van der Waals surface area contributed by atoms with Gasteiger partial charge in [-0.3, -0.25) is 14.1 Å². The highest BCUT2D eigenvalue weighted by molar-refractivity contribution is 7.84. The Morgan fingerprint density at radius 2 is 2.03 bits per heavy atom. The van der Waals surface area contributed by atoms with E-state index < -0.39 is 58.5 Å². The topological polar surface area (TPSA) is 217 Å². The number of oxime groups is 1. The van der Waals surface area contributed by atoms with Gasteiger partial charge in [0, 0.05) is 5.38 Å². The molecule has 1 aromatic rings. The van der Waals surface area contributed by atoms with E-state index in [9.17, 15) is 27.6 Å². The molecule has 1 saturated heterocycles. The van der Waals surface area contributed by atoms with Crippen molar-refractivity contribution in [1.82, 2.24) is 14.6 Å². The summed E-state index contributed by atoms with van der Waals surface area (Å²) in [6, 6.07) is -3.55. The second-order valence-electron chi connectivity index (χ2n) is 5.39. The predicted octanol–water partition coefficient (Wildman–Crippen LogP) is -2.71. The van der Waals surface area contributed by atoms with E-state index in [-0.39, 0.29) is 15.1 Å². The number of carbonyl (C=O) groups is 4. The van der Waals surface area contributed by atoms with Crippen LogP contribution >= 0.6 is 11.3 Å². The first-order chi connectivity index (χ1) is 14.0. The van der Waals surface area contributed by atoms with Crippen LogP contribution in [0.1, 0.15) is 5.69 Å². The molecule has 0 aromatic carbocycles. The van der Waals surface area contributed by atoms with E-state index in [1.807, 2.05) is 0 Å². The average molecular weight is 465 g/mol. The Morgan fingerprint density at radius 3 is 2.53 bits per heavy atom. The SMILES string of the molecule is COC(=O)CO/N=C(/C(=O)N[C@H]1C(=O)N(S(=O)(=O)O)[C@H]1C(=O)OC)c1csc(N)n1. The fourth-order valence-corrected chi connectivity index (χ4v) is 3.62. The molecule has 2 amide bonds. The van der Waals surface area contributed by atoms with Crippen molar-refractivity contribution >= 4 is 56.2 Å². The number of carbonyl (C=O) groups excluding carboxylic acids is 4. The molecule has 1 aromatic heterocycles. The molecule has 0 aliphatic carbocycles. The molecule has 15 nitrogen and oxygen atoms in total. The molecule has 0 bridgehead atoms. The number of hydrogen-bond acceptors (Lipinski definition) is 13. The van der Waals surface area contributed by atoms with Gasteiger partial charge in [-0.15, -0.1) is 11.3 Å². The third kappa shape index (κ3) is 4.81. The number of nitrogens with zero attached hydrogens (tertiary/aromatic N) is 3. The summed E-state index contributed by atoms with van der Waals surface area (Å²) in [4.78, 5) is 56.2. The second-order valence-corrected chi connectivity index (χ2v) is 7.57. The van der Waals surface area contributed by atoms with Crippen molar-refractivity contribution in [2.24, 2.45) is 5.16 Å². The summed E-state index contributed by atoms with van der Waals surface area (Å²) in [6.07, 6.45) is 0. The van der Waals surface area contributed by atoms with E-state index >= 15 is 0 Å². The summed E-state index contributed by atoms with van der Waals surface area (Å²) in [7, 11) is -3.07. The molecule has 30 heavy (non-hydrogen) atoms. The lowest BCUT2D eigenvalue weighted by molar-refractivity contribution is -0.162. The lowest BCUT2D eigenvalue weighted by atomic mass is 9.98. The predicted molar refractivity (Wildman–Crippen MR) is 97.2 cm³/mol. The van der Waals surface area contributed by atoms with E-state index in [2.05, 4.69) is 24.9 Å². The highest BCUT2D eigenvalue weighted by atomic mass is 32.2. The van der Waals surface area contributed by atoms with Crippen LogP contribution in [0.3, 0.4) is 0 Å². The zero-order valence-electron chi connectivity index (χ0n) is 15.3. The summed E-state index contributed by atoms with van der Waals surface area (Å²) in [5.74, 6) is -4.43. The molecule has 2 rings (SSSR count). The number of esters is 2. The maximum atomic E-state index is 12.6. The van der Waals surface area contributed by atoms with Gasteiger partial charge in [-0.2, -0.15) is 12.7 Å². The minimum absolute atomic E-state index is 0.0585. The maximum absolute atomic E-state index is 12.6. The fourth-order valence-electron chi connectivity index (χ4n) is 2.23. The van der Waals surface area contributed by atoms with Gasteiger partial charge in [0.1, 0.15) is 11.7 Å². The summed E-state index contributed by atoms with van der Waals surface area (Å²) >= 11 is 0.943. The first-order valence-corrected chi connectivity index (χ1v) is 9.96. The molecule has 2 atom stereocenters. The first-order valence-electron chi connectivity index (χ1n) is 7.68.